The number of hydrogen-bond donors (Lipinski definition) is 0. The average molecular weight is 447 g/mol. The van der Waals surface area contributed by atoms with Crippen molar-refractivity contribution in [2.24, 2.45) is 0 Å². The van der Waals surface area contributed by atoms with Crippen LogP contribution in [-0.4, -0.2) is 78.3 Å². The molecular weight excluding hydrogens is 418 g/mol. The van der Waals surface area contributed by atoms with Crippen molar-refractivity contribution in [3.05, 3.63) is 0 Å². The van der Waals surface area contributed by atoms with Gasteiger partial charge in [-0.25, -0.2) is 0 Å². The first-order valence-electron chi connectivity index (χ1n) is 9.39. The molecule has 0 bridgehead atoms. The lowest BCUT2D eigenvalue weighted by molar-refractivity contribution is -0.217. The third-order valence-corrected chi connectivity index (χ3v) is 3.68. The molecule has 12 heteroatoms. The van der Waals surface area contributed by atoms with Crippen molar-refractivity contribution in [3.63, 3.8) is 0 Å². The van der Waals surface area contributed by atoms with Crippen LogP contribution < -0.4 is 0 Å². The molecule has 0 rings (SSSR count). The van der Waals surface area contributed by atoms with Gasteiger partial charge in [-0.05, 0) is 6.92 Å². The van der Waals surface area contributed by atoms with Crippen LogP contribution in [0.3, 0.4) is 0 Å². The molecule has 0 aromatic heterocycles. The molecule has 0 saturated heterocycles. The molecule has 176 valence electrons. The highest BCUT2D eigenvalue weighted by atomic mass is 16.6. The zero-order valence-electron chi connectivity index (χ0n) is 18.7. The third kappa shape index (κ3) is 10.4. The number of likely N-dealkylation sites (N-methyl/N-ethyl adjacent to an activating group) is 1. The summed E-state index contributed by atoms with van der Waals surface area (Å²) in [7, 11) is 0. The van der Waals surface area contributed by atoms with Gasteiger partial charge in [0.2, 0.25) is 12.1 Å². The van der Waals surface area contributed by atoms with Crippen molar-refractivity contribution in [1.82, 2.24) is 4.90 Å². The molecule has 0 saturated carbocycles. The maximum Gasteiger partial charge on any atom is 0.304 e. The van der Waals surface area contributed by atoms with Crippen LogP contribution >= 0.6 is 0 Å². The Hall–Kier alpha value is -3.18. The van der Waals surface area contributed by atoms with Crippen molar-refractivity contribution in [2.75, 3.05) is 13.2 Å². The number of hydrogen-bond acceptors (Lipinski definition) is 11. The Labute approximate surface area is 180 Å². The summed E-state index contributed by atoms with van der Waals surface area (Å²) in [4.78, 5) is 71.4. The number of carbonyl (C=O) groups excluding carboxylic acids is 6. The summed E-state index contributed by atoms with van der Waals surface area (Å²) in [5.74, 6) is -4.65. The van der Waals surface area contributed by atoms with Gasteiger partial charge in [-0.1, -0.05) is 0 Å². The zero-order chi connectivity index (χ0) is 24.3. The maximum absolute atomic E-state index is 12.1. The van der Waals surface area contributed by atoms with E-state index in [1.54, 1.807) is 6.92 Å². The number of carbonyl (C=O) groups is 6. The molecular formula is C19H29NO11. The number of rotatable bonds is 11. The molecule has 0 spiro atoms. The quantitative estimate of drug-likeness (QED) is 0.241. The Balaban J connectivity index is 6.54. The molecule has 1 amide bonds. The second-order valence-electron chi connectivity index (χ2n) is 6.40. The topological polar surface area (TPSA) is 152 Å². The van der Waals surface area contributed by atoms with Crippen LogP contribution in [-0.2, 0) is 52.5 Å². The summed E-state index contributed by atoms with van der Waals surface area (Å²) in [6.45, 7) is 7.53. The van der Waals surface area contributed by atoms with Gasteiger partial charge in [-0.3, -0.25) is 28.8 Å². The van der Waals surface area contributed by atoms with E-state index in [0.717, 1.165) is 39.5 Å². The van der Waals surface area contributed by atoms with Gasteiger partial charge in [0.15, 0.2) is 18.3 Å². The van der Waals surface area contributed by atoms with Gasteiger partial charge in [-0.15, -0.1) is 0 Å². The smallest absolute Gasteiger partial charge is 0.304 e. The molecule has 31 heavy (non-hydrogen) atoms. The van der Waals surface area contributed by atoms with Crippen LogP contribution in [0, 0.1) is 0 Å². The summed E-state index contributed by atoms with van der Waals surface area (Å²) in [5, 5.41) is 0. The van der Waals surface area contributed by atoms with Crippen LogP contribution in [0.1, 0.15) is 48.5 Å². The van der Waals surface area contributed by atoms with Gasteiger partial charge in [0, 0.05) is 48.1 Å². The molecule has 4 atom stereocenters. The van der Waals surface area contributed by atoms with Gasteiger partial charge >= 0.3 is 29.8 Å². The standard InChI is InChI=1S/C19H29NO11/c1-8-20(10(2)21)19(31-15(7)26)18(30-14(6)25)17(29-13(5)24)16(28-12(4)23)9-27-11(3)22/h16-19H,8-9H2,1-7H3/t16-,17-,18-,19-/m1/s1. The minimum absolute atomic E-state index is 0.0278. The monoisotopic (exact) mass is 447 g/mol. The van der Waals surface area contributed by atoms with E-state index in [4.69, 9.17) is 23.7 Å². The maximum atomic E-state index is 12.1. The lowest BCUT2D eigenvalue weighted by Gasteiger charge is -2.39. The molecule has 0 unspecified atom stereocenters. The van der Waals surface area contributed by atoms with Gasteiger partial charge < -0.3 is 28.6 Å². The van der Waals surface area contributed by atoms with E-state index < -0.39 is 66.9 Å². The Morgan fingerprint density at radius 3 is 1.45 bits per heavy atom. The molecule has 12 nitrogen and oxygen atoms in total. The minimum atomic E-state index is -1.62. The Morgan fingerprint density at radius 2 is 1.10 bits per heavy atom. The fourth-order valence-electron chi connectivity index (χ4n) is 2.69. The largest absolute Gasteiger partial charge is 0.462 e. The minimum Gasteiger partial charge on any atom is -0.462 e. The van der Waals surface area contributed by atoms with E-state index in [2.05, 4.69) is 0 Å². The first-order chi connectivity index (χ1) is 14.3. The summed E-state index contributed by atoms with van der Waals surface area (Å²) >= 11 is 0. The van der Waals surface area contributed by atoms with E-state index in [0.29, 0.717) is 0 Å². The normalized spacial score (nSPS) is 14.2. The van der Waals surface area contributed by atoms with Crippen molar-refractivity contribution < 1.29 is 52.5 Å². The number of amides is 1. The second-order valence-corrected chi connectivity index (χ2v) is 6.40. The number of ether oxygens (including phenoxy) is 5. The lowest BCUT2D eigenvalue weighted by atomic mass is 10.0. The fraction of sp³-hybridized carbons (Fsp3) is 0.684. The SMILES string of the molecule is CCN(C(C)=O)[C@H](OC(C)=O)[C@H](OC(C)=O)[C@H](OC(C)=O)[C@@H](COC(C)=O)OC(C)=O. The molecule has 0 aromatic carbocycles. The van der Waals surface area contributed by atoms with Gasteiger partial charge in [-0.2, -0.15) is 0 Å². The molecule has 0 radical (unpaired) electrons. The molecule has 0 aliphatic rings. The Morgan fingerprint density at radius 1 is 0.645 bits per heavy atom. The van der Waals surface area contributed by atoms with Crippen molar-refractivity contribution >= 4 is 35.8 Å². The van der Waals surface area contributed by atoms with Gasteiger partial charge in [0.1, 0.15) is 6.61 Å². The second kappa shape index (κ2) is 13.2. The van der Waals surface area contributed by atoms with Crippen molar-refractivity contribution in [2.45, 2.75) is 73.0 Å². The van der Waals surface area contributed by atoms with Crippen LogP contribution in [0.2, 0.25) is 0 Å². The summed E-state index contributed by atoms with van der Waals surface area (Å²) in [5.41, 5.74) is 0. The van der Waals surface area contributed by atoms with E-state index in [9.17, 15) is 28.8 Å². The van der Waals surface area contributed by atoms with Crippen LogP contribution in [0.15, 0.2) is 0 Å². The molecule has 0 fully saturated rings. The van der Waals surface area contributed by atoms with E-state index in [1.165, 1.54) is 6.92 Å². The van der Waals surface area contributed by atoms with Crippen molar-refractivity contribution in [1.29, 1.82) is 0 Å². The number of esters is 5. The predicted molar refractivity (Wildman–Crippen MR) is 102 cm³/mol. The van der Waals surface area contributed by atoms with E-state index >= 15 is 0 Å². The fourth-order valence-corrected chi connectivity index (χ4v) is 2.69. The average Bonchev–Trinajstić information content (AvgIpc) is 2.60. The number of nitrogens with zero attached hydrogens (tertiary/aromatic N) is 1. The van der Waals surface area contributed by atoms with Crippen LogP contribution in [0.5, 0.6) is 0 Å². The Kier molecular flexibility index (Phi) is 11.8. The first kappa shape index (κ1) is 27.8. The predicted octanol–water partition coefficient (Wildman–Crippen LogP) is 0.102. The third-order valence-electron chi connectivity index (χ3n) is 3.68. The lowest BCUT2D eigenvalue weighted by Crippen LogP contribution is -2.59. The van der Waals surface area contributed by atoms with Gasteiger partial charge in [0.05, 0.1) is 0 Å². The zero-order valence-corrected chi connectivity index (χ0v) is 18.7. The van der Waals surface area contributed by atoms with Crippen LogP contribution in [0.4, 0.5) is 0 Å². The highest BCUT2D eigenvalue weighted by Gasteiger charge is 2.46. The Bertz CT molecular complexity index is 690. The van der Waals surface area contributed by atoms with Crippen LogP contribution in [0.25, 0.3) is 0 Å². The molecule has 0 aliphatic heterocycles. The molecule has 0 heterocycles. The molecule has 0 N–H and O–H groups in total. The molecule has 0 aliphatic carbocycles. The molecule has 0 aromatic rings. The summed E-state index contributed by atoms with van der Waals surface area (Å²) in [6, 6.07) is 0. The summed E-state index contributed by atoms with van der Waals surface area (Å²) < 4.78 is 25.7. The summed E-state index contributed by atoms with van der Waals surface area (Å²) in [6.07, 6.45) is -6.20. The van der Waals surface area contributed by atoms with E-state index in [1.807, 2.05) is 0 Å². The highest BCUT2D eigenvalue weighted by Crippen LogP contribution is 2.22. The van der Waals surface area contributed by atoms with Gasteiger partial charge in [0.25, 0.3) is 0 Å². The van der Waals surface area contributed by atoms with Crippen molar-refractivity contribution in [3.8, 4) is 0 Å². The highest BCUT2D eigenvalue weighted by molar-refractivity contribution is 5.74. The van der Waals surface area contributed by atoms with E-state index in [-0.39, 0.29) is 6.54 Å². The first-order valence-corrected chi connectivity index (χ1v) is 9.39.